The van der Waals surface area contributed by atoms with E-state index in [0.29, 0.717) is 5.56 Å². The molecule has 0 heterocycles. The molecule has 8 atom stereocenters. The van der Waals surface area contributed by atoms with E-state index in [1.54, 1.807) is 26.4 Å². The van der Waals surface area contributed by atoms with Gasteiger partial charge in [-0.25, -0.2) is 0 Å². The highest BCUT2D eigenvalue weighted by molar-refractivity contribution is 6.09. The number of hydrogen-bond donors (Lipinski definition) is 6. The average Bonchev–Trinajstić information content (AvgIpc) is 2.89. The minimum atomic E-state index is -2.53. The van der Waals surface area contributed by atoms with E-state index in [0.717, 1.165) is 16.8 Å². The lowest BCUT2D eigenvalue weighted by Gasteiger charge is -2.66. The van der Waals surface area contributed by atoms with Gasteiger partial charge in [-0.1, -0.05) is 45.9 Å². The van der Waals surface area contributed by atoms with Crippen LogP contribution in [0.5, 0.6) is 5.75 Å². The molecule has 10 heteroatoms. The molecule has 2 saturated carbocycles. The highest BCUT2D eigenvalue weighted by Crippen LogP contribution is 2.66. The predicted octanol–water partition coefficient (Wildman–Crippen LogP) is 2.31. The zero-order chi connectivity index (χ0) is 30.9. The van der Waals surface area contributed by atoms with E-state index < -0.39 is 63.9 Å². The lowest BCUT2D eigenvalue weighted by molar-refractivity contribution is -0.265. The molecule has 10 nitrogen and oxygen atoms in total. The van der Waals surface area contributed by atoms with Gasteiger partial charge in [0, 0.05) is 18.2 Å². The van der Waals surface area contributed by atoms with Crippen molar-refractivity contribution in [2.45, 2.75) is 58.3 Å². The van der Waals surface area contributed by atoms with E-state index in [2.05, 4.69) is 10.3 Å². The molecule has 2 aromatic carbocycles. The van der Waals surface area contributed by atoms with E-state index in [9.17, 15) is 34.8 Å². The Kier molecular flexibility index (Phi) is 7.11. The van der Waals surface area contributed by atoms with Crippen molar-refractivity contribution in [2.24, 2.45) is 45.2 Å². The molecular weight excluding hydrogens is 538 g/mol. The van der Waals surface area contributed by atoms with E-state index in [4.69, 9.17) is 5.73 Å². The number of ketones is 2. The SMILES string of the molecule is CN=CNc1ccc(-c2ccc(O)c3c2C[C@]2(C)C[C@]4(C)[C@@H](C(C)C)C(O)[C@@H](C(N)=O)C(=O)[C@]4(O)C(O)[C@H]2C3=O)cc1. The van der Waals surface area contributed by atoms with Gasteiger partial charge in [0.2, 0.25) is 5.91 Å². The molecule has 224 valence electrons. The number of Topliss-reactive ketones (excluding diaryl/α,β-unsaturated/α-hetero) is 2. The third-order valence-electron chi connectivity index (χ3n) is 10.2. The summed E-state index contributed by atoms with van der Waals surface area (Å²) in [5, 5.41) is 49.4. The molecule has 3 aliphatic carbocycles. The highest BCUT2D eigenvalue weighted by atomic mass is 16.4. The van der Waals surface area contributed by atoms with Crippen molar-refractivity contribution in [3.8, 4) is 16.9 Å². The van der Waals surface area contributed by atoms with Crippen LogP contribution >= 0.6 is 0 Å². The van der Waals surface area contributed by atoms with Crippen LogP contribution in [0, 0.1) is 34.5 Å². The first kappa shape index (κ1) is 29.9. The number of carbonyl (C=O) groups is 3. The zero-order valence-corrected chi connectivity index (χ0v) is 24.5. The summed E-state index contributed by atoms with van der Waals surface area (Å²) in [4.78, 5) is 44.4. The van der Waals surface area contributed by atoms with E-state index in [1.165, 1.54) is 6.07 Å². The number of carbonyl (C=O) groups excluding carboxylic acids is 3. The molecule has 2 unspecified atom stereocenters. The number of nitrogens with two attached hydrogens (primary N) is 1. The summed E-state index contributed by atoms with van der Waals surface area (Å²) in [7, 11) is 1.65. The Morgan fingerprint density at radius 2 is 1.76 bits per heavy atom. The minimum Gasteiger partial charge on any atom is -0.507 e. The number of phenols is 1. The molecule has 0 aliphatic heterocycles. The van der Waals surface area contributed by atoms with Gasteiger partial charge >= 0.3 is 0 Å². The average molecular weight is 578 g/mol. The molecule has 2 aromatic rings. The highest BCUT2D eigenvalue weighted by Gasteiger charge is 2.75. The topological polar surface area (TPSA) is 183 Å². The maximum atomic E-state index is 14.3. The van der Waals surface area contributed by atoms with Crippen LogP contribution in [0.1, 0.15) is 50.0 Å². The number of anilines is 1. The number of amides is 1. The number of nitrogens with zero attached hydrogens (tertiary/aromatic N) is 1. The van der Waals surface area contributed by atoms with Gasteiger partial charge in [-0.3, -0.25) is 19.4 Å². The molecule has 1 amide bonds. The number of rotatable bonds is 5. The van der Waals surface area contributed by atoms with Gasteiger partial charge in [0.05, 0.1) is 23.9 Å². The number of aliphatic imine (C=N–C) groups is 1. The smallest absolute Gasteiger partial charge is 0.230 e. The second kappa shape index (κ2) is 10.00. The molecule has 0 bridgehead atoms. The van der Waals surface area contributed by atoms with Gasteiger partial charge in [0.25, 0.3) is 0 Å². The number of benzene rings is 2. The minimum absolute atomic E-state index is 0.0386. The molecule has 7 N–H and O–H groups in total. The number of aromatic hydroxyl groups is 1. The maximum absolute atomic E-state index is 14.3. The Hall–Kier alpha value is -3.60. The van der Waals surface area contributed by atoms with Crippen molar-refractivity contribution >= 4 is 29.5 Å². The molecule has 0 saturated heterocycles. The Labute approximate surface area is 244 Å². The Morgan fingerprint density at radius 1 is 1.12 bits per heavy atom. The number of phenolic OH excluding ortho intramolecular Hbond substituents is 1. The van der Waals surface area contributed by atoms with Gasteiger partial charge < -0.3 is 31.5 Å². The fraction of sp³-hybridized carbons (Fsp3) is 0.500. The van der Waals surface area contributed by atoms with Crippen LogP contribution in [0.25, 0.3) is 11.1 Å². The number of aliphatic hydroxyl groups is 3. The summed E-state index contributed by atoms with van der Waals surface area (Å²) in [5.74, 6) is -7.12. The van der Waals surface area contributed by atoms with Crippen molar-refractivity contribution in [3.63, 3.8) is 0 Å². The lowest BCUT2D eigenvalue weighted by atomic mass is 9.39. The second-order valence-electron chi connectivity index (χ2n) is 13.1. The van der Waals surface area contributed by atoms with Crippen LogP contribution in [0.3, 0.4) is 0 Å². The summed E-state index contributed by atoms with van der Waals surface area (Å²) < 4.78 is 0. The number of nitrogens with one attached hydrogen (secondary N) is 1. The molecule has 0 aromatic heterocycles. The van der Waals surface area contributed by atoms with Gasteiger partial charge in [0.15, 0.2) is 17.2 Å². The third kappa shape index (κ3) is 3.95. The summed E-state index contributed by atoms with van der Waals surface area (Å²) in [6.07, 6.45) is -1.46. The Balaban J connectivity index is 1.67. The Bertz CT molecular complexity index is 1490. The predicted molar refractivity (Wildman–Crippen MR) is 157 cm³/mol. The largest absolute Gasteiger partial charge is 0.507 e. The van der Waals surface area contributed by atoms with Crippen LogP contribution in [-0.4, -0.2) is 69.1 Å². The zero-order valence-electron chi connectivity index (χ0n) is 24.5. The standard InChI is InChI=1S/C32H39N3O7/c1-15(2)23-26(38)22(29(33)41)27(39)32(42)28(40)24-25(37)21-19(12-30(24,3)13-31(23,32)4)18(10-11-20(21)36)16-6-8-17(9-7-16)35-14-34-5/h6-11,14-15,22-24,26,28,36,38,40,42H,12-13H2,1-5H3,(H2,33,41)(H,34,35)/t22-,23+,24-,26?,28?,30-,31-,32+/m1/s1. The first-order valence-corrected chi connectivity index (χ1v) is 14.2. The first-order chi connectivity index (χ1) is 19.6. The molecule has 0 spiro atoms. The lowest BCUT2D eigenvalue weighted by Crippen LogP contribution is -2.79. The van der Waals surface area contributed by atoms with Gasteiger partial charge in [-0.2, -0.15) is 0 Å². The first-order valence-electron chi connectivity index (χ1n) is 14.2. The molecular formula is C32H39N3O7. The van der Waals surface area contributed by atoms with Crippen molar-refractivity contribution in [3.05, 3.63) is 47.5 Å². The fourth-order valence-corrected chi connectivity index (χ4v) is 8.69. The van der Waals surface area contributed by atoms with Gasteiger partial charge in [0.1, 0.15) is 17.8 Å². The maximum Gasteiger partial charge on any atom is 0.230 e. The van der Waals surface area contributed by atoms with Crippen LogP contribution in [0.2, 0.25) is 0 Å². The summed E-state index contributed by atoms with van der Waals surface area (Å²) in [5.41, 5.74) is 3.63. The van der Waals surface area contributed by atoms with E-state index >= 15 is 0 Å². The summed E-state index contributed by atoms with van der Waals surface area (Å²) in [6.45, 7) is 7.12. The molecule has 42 heavy (non-hydrogen) atoms. The molecule has 5 rings (SSSR count). The van der Waals surface area contributed by atoms with Crippen LogP contribution in [-0.2, 0) is 16.0 Å². The quantitative estimate of drug-likeness (QED) is 0.178. The third-order valence-corrected chi connectivity index (χ3v) is 10.2. The number of aliphatic hydroxyl groups excluding tert-OH is 2. The number of primary amides is 1. The van der Waals surface area contributed by atoms with Crippen molar-refractivity contribution in [1.29, 1.82) is 0 Å². The summed E-state index contributed by atoms with van der Waals surface area (Å²) >= 11 is 0. The molecule has 2 fully saturated rings. The van der Waals surface area contributed by atoms with Crippen molar-refractivity contribution in [2.75, 3.05) is 12.4 Å². The molecule has 0 radical (unpaired) electrons. The monoisotopic (exact) mass is 577 g/mol. The normalized spacial score (nSPS) is 36.0. The van der Waals surface area contributed by atoms with Gasteiger partial charge in [-0.15, -0.1) is 0 Å². The van der Waals surface area contributed by atoms with Crippen molar-refractivity contribution < 1.29 is 34.8 Å². The van der Waals surface area contributed by atoms with E-state index in [-0.39, 0.29) is 30.1 Å². The van der Waals surface area contributed by atoms with Gasteiger partial charge in [-0.05, 0) is 65.0 Å². The number of hydrogen-bond acceptors (Lipinski definition) is 8. The second-order valence-corrected chi connectivity index (χ2v) is 13.1. The Morgan fingerprint density at radius 3 is 2.33 bits per heavy atom. The number of fused-ring (bicyclic) bond motifs is 3. The molecule has 3 aliphatic rings. The fourth-order valence-electron chi connectivity index (χ4n) is 8.69. The van der Waals surface area contributed by atoms with Crippen LogP contribution in [0.4, 0.5) is 5.69 Å². The van der Waals surface area contributed by atoms with E-state index in [1.807, 2.05) is 45.0 Å². The van der Waals surface area contributed by atoms with Crippen molar-refractivity contribution in [1.82, 2.24) is 0 Å². The van der Waals surface area contributed by atoms with Crippen LogP contribution < -0.4 is 11.1 Å². The van der Waals surface area contributed by atoms with Crippen LogP contribution in [0.15, 0.2) is 41.4 Å². The summed E-state index contributed by atoms with van der Waals surface area (Å²) in [6, 6.07) is 10.7.